The van der Waals surface area contributed by atoms with Crippen LogP contribution in [-0.2, 0) is 5.75 Å². The number of fused-ring (bicyclic) bond motifs is 4. The molecule has 3 heterocycles. The predicted octanol–water partition coefficient (Wildman–Crippen LogP) is 5.84. The molecule has 0 aliphatic rings. The van der Waals surface area contributed by atoms with Crippen LogP contribution in [0.15, 0.2) is 88.9 Å². The molecule has 0 saturated heterocycles. The van der Waals surface area contributed by atoms with E-state index in [1.807, 2.05) is 84.1 Å². The molecular weight excluding hydrogens is 466 g/mol. The van der Waals surface area contributed by atoms with Gasteiger partial charge < -0.3 is 0 Å². The van der Waals surface area contributed by atoms with Crippen LogP contribution in [-0.4, -0.2) is 24.1 Å². The number of hydrogen-bond donors (Lipinski definition) is 0. The molecular formula is C26H18ClN5OS. The lowest BCUT2D eigenvalue weighted by Gasteiger charge is -2.12. The number of hydrogen-bond acceptors (Lipinski definition) is 5. The third-order valence-electron chi connectivity index (χ3n) is 5.84. The molecule has 34 heavy (non-hydrogen) atoms. The lowest BCUT2D eigenvalue weighted by Crippen LogP contribution is -2.21. The van der Waals surface area contributed by atoms with Crippen LogP contribution in [0, 0.1) is 6.92 Å². The third kappa shape index (κ3) is 3.36. The summed E-state index contributed by atoms with van der Waals surface area (Å²) in [5.41, 5.74) is 4.45. The van der Waals surface area contributed by atoms with Gasteiger partial charge in [0.05, 0.1) is 22.1 Å². The number of para-hydroxylation sites is 1. The number of thioether (sulfide) groups is 1. The zero-order valence-corrected chi connectivity index (χ0v) is 19.7. The van der Waals surface area contributed by atoms with Crippen molar-refractivity contribution in [3.8, 4) is 5.69 Å². The highest BCUT2D eigenvalue weighted by Gasteiger charge is 2.18. The molecule has 3 aromatic carbocycles. The van der Waals surface area contributed by atoms with E-state index in [9.17, 15) is 4.79 Å². The van der Waals surface area contributed by atoms with E-state index in [0.29, 0.717) is 27.1 Å². The van der Waals surface area contributed by atoms with Gasteiger partial charge in [0.2, 0.25) is 5.78 Å². The number of rotatable bonds is 4. The molecule has 6 nitrogen and oxygen atoms in total. The molecule has 3 aromatic heterocycles. The monoisotopic (exact) mass is 483 g/mol. The number of pyridine rings is 1. The number of nitrogens with zero attached hydrogens (tertiary/aromatic N) is 5. The Labute approximate surface area is 203 Å². The van der Waals surface area contributed by atoms with Crippen molar-refractivity contribution in [2.75, 3.05) is 0 Å². The van der Waals surface area contributed by atoms with Crippen molar-refractivity contribution in [3.05, 3.63) is 105 Å². The Balaban J connectivity index is 1.52. The van der Waals surface area contributed by atoms with Gasteiger partial charge in [-0.15, -0.1) is 10.2 Å². The average molecular weight is 484 g/mol. The lowest BCUT2D eigenvalue weighted by atomic mass is 10.1. The van der Waals surface area contributed by atoms with Gasteiger partial charge in [-0.05, 0) is 55.0 Å². The van der Waals surface area contributed by atoms with Gasteiger partial charge >= 0.3 is 0 Å². The fraction of sp³-hybridized carbons (Fsp3) is 0.0769. The number of aromatic nitrogens is 5. The maximum atomic E-state index is 13.4. The van der Waals surface area contributed by atoms with Crippen LogP contribution < -0.4 is 5.56 Å². The summed E-state index contributed by atoms with van der Waals surface area (Å²) in [5, 5.41) is 11.8. The van der Waals surface area contributed by atoms with Crippen LogP contribution in [0.5, 0.6) is 0 Å². The summed E-state index contributed by atoms with van der Waals surface area (Å²) in [5.74, 6) is 1.11. The summed E-state index contributed by atoms with van der Waals surface area (Å²) in [6.07, 6.45) is 1.77. The molecule has 166 valence electrons. The van der Waals surface area contributed by atoms with Gasteiger partial charge in [0.1, 0.15) is 0 Å². The summed E-state index contributed by atoms with van der Waals surface area (Å²) in [4.78, 5) is 18.0. The number of halogens is 1. The van der Waals surface area contributed by atoms with E-state index in [1.165, 1.54) is 0 Å². The second kappa shape index (κ2) is 8.27. The first kappa shape index (κ1) is 20.9. The van der Waals surface area contributed by atoms with Crippen LogP contribution in [0.3, 0.4) is 0 Å². The first-order valence-electron chi connectivity index (χ1n) is 10.7. The van der Waals surface area contributed by atoms with Gasteiger partial charge in [-0.3, -0.25) is 14.2 Å². The van der Waals surface area contributed by atoms with Crippen molar-refractivity contribution in [2.24, 2.45) is 0 Å². The van der Waals surface area contributed by atoms with E-state index in [1.54, 1.807) is 22.5 Å². The van der Waals surface area contributed by atoms with Crippen LogP contribution in [0.25, 0.3) is 33.3 Å². The van der Waals surface area contributed by atoms with Crippen LogP contribution >= 0.6 is 23.4 Å². The zero-order valence-electron chi connectivity index (χ0n) is 18.1. The Morgan fingerprint density at radius 2 is 1.71 bits per heavy atom. The minimum absolute atomic E-state index is 0.121. The molecule has 0 radical (unpaired) electrons. The van der Waals surface area contributed by atoms with Crippen LogP contribution in [0.1, 0.15) is 11.1 Å². The molecule has 8 heteroatoms. The van der Waals surface area contributed by atoms with Crippen molar-refractivity contribution < 1.29 is 0 Å². The number of aryl methyl sites for hydroxylation is 1. The van der Waals surface area contributed by atoms with Crippen LogP contribution in [0.4, 0.5) is 0 Å². The van der Waals surface area contributed by atoms with Gasteiger partial charge in [-0.1, -0.05) is 59.3 Å². The largest absolute Gasteiger partial charge is 0.268 e. The lowest BCUT2D eigenvalue weighted by molar-refractivity contribution is 0.930. The quantitative estimate of drug-likeness (QED) is 0.295. The van der Waals surface area contributed by atoms with Crippen LogP contribution in [0.2, 0.25) is 5.02 Å². The summed E-state index contributed by atoms with van der Waals surface area (Å²) >= 11 is 7.92. The van der Waals surface area contributed by atoms with Gasteiger partial charge in [0.25, 0.3) is 5.56 Å². The van der Waals surface area contributed by atoms with Crippen molar-refractivity contribution in [1.82, 2.24) is 24.1 Å². The first-order valence-corrected chi connectivity index (χ1v) is 12.1. The topological polar surface area (TPSA) is 65.1 Å². The molecule has 0 aliphatic heterocycles. The van der Waals surface area contributed by atoms with E-state index < -0.39 is 0 Å². The van der Waals surface area contributed by atoms with E-state index in [0.717, 1.165) is 33.2 Å². The van der Waals surface area contributed by atoms with Crippen molar-refractivity contribution in [2.45, 2.75) is 17.8 Å². The van der Waals surface area contributed by atoms with Crippen molar-refractivity contribution >= 4 is 50.9 Å². The fourth-order valence-corrected chi connectivity index (χ4v) is 5.29. The zero-order chi connectivity index (χ0) is 23.2. The maximum absolute atomic E-state index is 13.4. The predicted molar refractivity (Wildman–Crippen MR) is 137 cm³/mol. The third-order valence-corrected chi connectivity index (χ3v) is 7.15. The van der Waals surface area contributed by atoms with E-state index >= 15 is 0 Å². The van der Waals surface area contributed by atoms with E-state index in [4.69, 9.17) is 11.6 Å². The Kier molecular flexibility index (Phi) is 5.08. The smallest absolute Gasteiger partial charge is 0.267 e. The second-order valence-electron chi connectivity index (χ2n) is 8.01. The van der Waals surface area contributed by atoms with E-state index in [-0.39, 0.29) is 5.56 Å². The molecule has 0 atom stereocenters. The number of benzene rings is 3. The molecule has 0 unspecified atom stereocenters. The Morgan fingerprint density at radius 1 is 0.912 bits per heavy atom. The van der Waals surface area contributed by atoms with Crippen molar-refractivity contribution in [1.29, 1.82) is 0 Å². The molecule has 0 N–H and O–H groups in total. The molecule has 0 amide bonds. The van der Waals surface area contributed by atoms with Crippen molar-refractivity contribution in [3.63, 3.8) is 0 Å². The highest BCUT2D eigenvalue weighted by Crippen LogP contribution is 2.30. The average Bonchev–Trinajstić information content (AvgIpc) is 3.29. The molecule has 0 fully saturated rings. The summed E-state index contributed by atoms with van der Waals surface area (Å²) in [6.45, 7) is 2.02. The molecule has 0 saturated carbocycles. The van der Waals surface area contributed by atoms with E-state index in [2.05, 4.69) is 15.2 Å². The minimum atomic E-state index is -0.121. The molecule has 6 aromatic rings. The highest BCUT2D eigenvalue weighted by molar-refractivity contribution is 7.98. The first-order chi connectivity index (χ1) is 16.6. The second-order valence-corrected chi connectivity index (χ2v) is 9.36. The van der Waals surface area contributed by atoms with Gasteiger partial charge in [0, 0.05) is 22.4 Å². The minimum Gasteiger partial charge on any atom is -0.268 e. The summed E-state index contributed by atoms with van der Waals surface area (Å²) < 4.78 is 3.57. The Bertz CT molecular complexity index is 1760. The summed E-state index contributed by atoms with van der Waals surface area (Å²) in [6, 6.07) is 23.1. The molecule has 0 bridgehead atoms. The molecule has 0 spiro atoms. The maximum Gasteiger partial charge on any atom is 0.267 e. The molecule has 0 aliphatic carbocycles. The normalized spacial score (nSPS) is 11.6. The highest BCUT2D eigenvalue weighted by atomic mass is 35.5. The summed E-state index contributed by atoms with van der Waals surface area (Å²) in [7, 11) is 0. The van der Waals surface area contributed by atoms with Gasteiger partial charge in [-0.25, -0.2) is 4.57 Å². The van der Waals surface area contributed by atoms with Gasteiger partial charge in [-0.2, -0.15) is 0 Å². The molecule has 6 rings (SSSR count). The Morgan fingerprint density at radius 3 is 2.56 bits per heavy atom. The Hall–Kier alpha value is -3.68. The fourth-order valence-electron chi connectivity index (χ4n) is 4.15. The van der Waals surface area contributed by atoms with Gasteiger partial charge in [0.15, 0.2) is 5.16 Å². The SMILES string of the molecule is Cc1ccc(-n2c(=O)c3ccccc3n3c(SCc4ccc(Cl)c5cccnc45)nnc23)cc1. The standard InChI is InChI=1S/C26H18ClN5OS/c1-16-8-11-18(12-9-16)31-24(33)20-5-2-3-7-22(20)32-25(31)29-30-26(32)34-15-17-10-13-21(27)19-6-4-14-28-23(17)19/h2-14H,15H2,1H3.